The fourth-order valence-corrected chi connectivity index (χ4v) is 4.77. The third-order valence-electron chi connectivity index (χ3n) is 6.12. The van der Waals surface area contributed by atoms with Crippen LogP contribution in [0.25, 0.3) is 11.0 Å². The molecule has 1 saturated heterocycles. The number of carbonyl (C=O) groups excluding carboxylic acids is 1. The Labute approximate surface area is 157 Å². The van der Waals surface area contributed by atoms with Gasteiger partial charge in [0.05, 0.1) is 29.5 Å². The molecule has 5 rings (SSSR count). The van der Waals surface area contributed by atoms with Gasteiger partial charge in [-0.25, -0.2) is 4.98 Å². The molecule has 1 aromatic carbocycles. The van der Waals surface area contributed by atoms with E-state index in [1.807, 2.05) is 47.6 Å². The maximum absolute atomic E-state index is 12.7. The van der Waals surface area contributed by atoms with Crippen molar-refractivity contribution >= 4 is 16.9 Å². The molecule has 0 bridgehead atoms. The zero-order valence-corrected chi connectivity index (χ0v) is 15.0. The normalized spacial score (nSPS) is 27.7. The smallest absolute Gasteiger partial charge is 0.272 e. The lowest BCUT2D eigenvalue weighted by Crippen LogP contribution is -2.36. The Hall–Kier alpha value is -2.73. The molecule has 1 N–H and O–H groups in total. The maximum atomic E-state index is 12.7. The number of para-hydroxylation sites is 2. The van der Waals surface area contributed by atoms with E-state index in [2.05, 4.69) is 14.5 Å². The summed E-state index contributed by atoms with van der Waals surface area (Å²) in [5.74, 6) is 0.732. The standard InChI is InChI=1S/C21H22N4O2/c26-20-10-15-12-24(21(27)17-6-3-4-8-22-17)11-14(15)9-19(20)25-13-23-16-5-1-2-7-18(16)25/h1-8,13-15,19-20,26H,9-12H2/t14-,15+,19-,20-/m1/s1. The highest BCUT2D eigenvalue weighted by molar-refractivity contribution is 5.92. The van der Waals surface area contributed by atoms with Gasteiger partial charge in [-0.15, -0.1) is 0 Å². The van der Waals surface area contributed by atoms with Crippen molar-refractivity contribution in [1.29, 1.82) is 0 Å². The van der Waals surface area contributed by atoms with Gasteiger partial charge in [-0.05, 0) is 48.9 Å². The number of aliphatic hydroxyl groups excluding tert-OH is 1. The van der Waals surface area contributed by atoms with E-state index < -0.39 is 6.10 Å². The largest absolute Gasteiger partial charge is 0.391 e. The summed E-state index contributed by atoms with van der Waals surface area (Å²) in [5.41, 5.74) is 2.50. The lowest BCUT2D eigenvalue weighted by Gasteiger charge is -2.36. The van der Waals surface area contributed by atoms with Crippen molar-refractivity contribution < 1.29 is 9.90 Å². The van der Waals surface area contributed by atoms with Gasteiger partial charge in [0.2, 0.25) is 0 Å². The molecule has 1 aliphatic carbocycles. The van der Waals surface area contributed by atoms with Crippen LogP contribution in [0.1, 0.15) is 29.4 Å². The van der Waals surface area contributed by atoms with Gasteiger partial charge in [0.1, 0.15) is 5.69 Å². The highest BCUT2D eigenvalue weighted by atomic mass is 16.3. The first-order valence-electron chi connectivity index (χ1n) is 9.50. The second kappa shape index (κ2) is 6.46. The Bertz CT molecular complexity index is 970. The van der Waals surface area contributed by atoms with Crippen molar-refractivity contribution in [1.82, 2.24) is 19.4 Å². The molecule has 6 heteroatoms. The Morgan fingerprint density at radius 2 is 1.78 bits per heavy atom. The van der Waals surface area contributed by atoms with Gasteiger partial charge in [-0.1, -0.05) is 18.2 Å². The molecule has 0 radical (unpaired) electrons. The van der Waals surface area contributed by atoms with Crippen LogP contribution in [0.3, 0.4) is 0 Å². The quantitative estimate of drug-likeness (QED) is 0.760. The van der Waals surface area contributed by atoms with Crippen LogP contribution >= 0.6 is 0 Å². The average Bonchev–Trinajstić information content (AvgIpc) is 3.31. The lowest BCUT2D eigenvalue weighted by atomic mass is 9.77. The molecule has 2 fully saturated rings. The van der Waals surface area contributed by atoms with Crippen LogP contribution in [0.2, 0.25) is 0 Å². The van der Waals surface area contributed by atoms with E-state index >= 15 is 0 Å². The zero-order valence-electron chi connectivity index (χ0n) is 15.0. The number of pyridine rings is 1. The van der Waals surface area contributed by atoms with Crippen LogP contribution in [0.5, 0.6) is 0 Å². The molecule has 4 atom stereocenters. The molecule has 1 aliphatic heterocycles. The molecule has 2 aromatic heterocycles. The van der Waals surface area contributed by atoms with Crippen molar-refractivity contribution in [2.45, 2.75) is 25.0 Å². The maximum Gasteiger partial charge on any atom is 0.272 e. The fourth-order valence-electron chi connectivity index (χ4n) is 4.77. The van der Waals surface area contributed by atoms with E-state index in [9.17, 15) is 9.90 Å². The van der Waals surface area contributed by atoms with Crippen LogP contribution in [0.15, 0.2) is 55.0 Å². The van der Waals surface area contributed by atoms with E-state index in [-0.39, 0.29) is 11.9 Å². The Morgan fingerprint density at radius 3 is 2.59 bits per heavy atom. The first kappa shape index (κ1) is 16.4. The number of benzene rings is 1. The van der Waals surface area contributed by atoms with Crippen LogP contribution in [0, 0.1) is 11.8 Å². The second-order valence-corrected chi connectivity index (χ2v) is 7.69. The summed E-state index contributed by atoms with van der Waals surface area (Å²) < 4.78 is 2.11. The molecule has 0 unspecified atom stereocenters. The number of amides is 1. The van der Waals surface area contributed by atoms with Gasteiger partial charge < -0.3 is 14.6 Å². The number of nitrogens with zero attached hydrogens (tertiary/aromatic N) is 4. The highest BCUT2D eigenvalue weighted by Crippen LogP contribution is 2.42. The molecule has 1 amide bonds. The minimum Gasteiger partial charge on any atom is -0.391 e. The van der Waals surface area contributed by atoms with Gasteiger partial charge in [0.25, 0.3) is 5.91 Å². The molecule has 27 heavy (non-hydrogen) atoms. The summed E-state index contributed by atoms with van der Waals surface area (Å²) in [6.07, 6.45) is 4.64. The number of imidazole rings is 1. The van der Waals surface area contributed by atoms with Crippen molar-refractivity contribution in [2.24, 2.45) is 11.8 Å². The van der Waals surface area contributed by atoms with Crippen LogP contribution < -0.4 is 0 Å². The number of carbonyl (C=O) groups is 1. The summed E-state index contributed by atoms with van der Waals surface area (Å²) in [6.45, 7) is 1.43. The fraction of sp³-hybridized carbons (Fsp3) is 0.381. The average molecular weight is 362 g/mol. The van der Waals surface area contributed by atoms with Gasteiger partial charge in [0.15, 0.2) is 0 Å². The number of likely N-dealkylation sites (tertiary alicyclic amines) is 1. The third-order valence-corrected chi connectivity index (χ3v) is 6.12. The summed E-state index contributed by atoms with van der Waals surface area (Å²) in [6, 6.07) is 13.4. The van der Waals surface area contributed by atoms with Gasteiger partial charge >= 0.3 is 0 Å². The minimum atomic E-state index is -0.422. The SMILES string of the molecule is O=C(c1ccccn1)N1C[C@H]2C[C@@H](n3cnc4ccccc43)[C@H](O)C[C@H]2C1. The van der Waals surface area contributed by atoms with Gasteiger partial charge in [0, 0.05) is 19.3 Å². The summed E-state index contributed by atoms with van der Waals surface area (Å²) in [5, 5.41) is 10.8. The molecular weight excluding hydrogens is 340 g/mol. The Morgan fingerprint density at radius 1 is 1.00 bits per heavy atom. The molecule has 3 heterocycles. The number of aromatic nitrogens is 3. The number of fused-ring (bicyclic) bond motifs is 2. The minimum absolute atomic E-state index is 0.00329. The molecule has 1 saturated carbocycles. The summed E-state index contributed by atoms with van der Waals surface area (Å²) in [7, 11) is 0. The van der Waals surface area contributed by atoms with Crippen molar-refractivity contribution in [3.8, 4) is 0 Å². The summed E-state index contributed by atoms with van der Waals surface area (Å²) in [4.78, 5) is 23.3. The van der Waals surface area contributed by atoms with Gasteiger partial charge in [-0.3, -0.25) is 9.78 Å². The van der Waals surface area contributed by atoms with E-state index in [0.717, 1.165) is 24.0 Å². The predicted octanol–water partition coefficient (Wildman–Crippen LogP) is 2.52. The molecule has 2 aliphatic rings. The first-order valence-corrected chi connectivity index (χ1v) is 9.50. The van der Waals surface area contributed by atoms with Crippen LogP contribution in [0.4, 0.5) is 0 Å². The first-order chi connectivity index (χ1) is 13.2. The van der Waals surface area contributed by atoms with Crippen LogP contribution in [-0.2, 0) is 0 Å². The van der Waals surface area contributed by atoms with E-state index in [1.165, 1.54) is 0 Å². The van der Waals surface area contributed by atoms with E-state index in [0.29, 0.717) is 30.5 Å². The third kappa shape index (κ3) is 2.80. The molecule has 138 valence electrons. The number of hydrogen-bond donors (Lipinski definition) is 1. The monoisotopic (exact) mass is 362 g/mol. The van der Waals surface area contributed by atoms with Gasteiger partial charge in [-0.2, -0.15) is 0 Å². The summed E-state index contributed by atoms with van der Waals surface area (Å²) >= 11 is 0. The Kier molecular flexibility index (Phi) is 3.93. The van der Waals surface area contributed by atoms with Crippen LogP contribution in [-0.4, -0.2) is 49.6 Å². The molecule has 0 spiro atoms. The Balaban J connectivity index is 1.37. The van der Waals surface area contributed by atoms with Crippen molar-refractivity contribution in [3.05, 3.63) is 60.7 Å². The molecule has 6 nitrogen and oxygen atoms in total. The number of hydrogen-bond acceptors (Lipinski definition) is 4. The van der Waals surface area contributed by atoms with Crippen molar-refractivity contribution in [2.75, 3.05) is 13.1 Å². The predicted molar refractivity (Wildman–Crippen MR) is 101 cm³/mol. The lowest BCUT2D eigenvalue weighted by molar-refractivity contribution is 0.0374. The highest BCUT2D eigenvalue weighted by Gasteiger charge is 2.44. The number of rotatable bonds is 2. The van der Waals surface area contributed by atoms with Crippen molar-refractivity contribution in [3.63, 3.8) is 0 Å². The number of aliphatic hydroxyl groups is 1. The molecule has 3 aromatic rings. The second-order valence-electron chi connectivity index (χ2n) is 7.69. The molecular formula is C21H22N4O2. The van der Waals surface area contributed by atoms with E-state index in [1.54, 1.807) is 12.3 Å². The zero-order chi connectivity index (χ0) is 18.4. The topological polar surface area (TPSA) is 71.2 Å². The van der Waals surface area contributed by atoms with E-state index in [4.69, 9.17) is 0 Å².